The third-order valence-electron chi connectivity index (χ3n) is 5.26. The lowest BCUT2D eigenvalue weighted by Crippen LogP contribution is -2.39. The van der Waals surface area contributed by atoms with Crippen LogP contribution in [0.5, 0.6) is 0 Å². The minimum Gasteiger partial charge on any atom is -0.321 e. The van der Waals surface area contributed by atoms with Gasteiger partial charge >= 0.3 is 0 Å². The summed E-state index contributed by atoms with van der Waals surface area (Å²) in [7, 11) is 1.55. The maximum absolute atomic E-state index is 12.5. The van der Waals surface area contributed by atoms with E-state index in [1.54, 1.807) is 42.8 Å². The van der Waals surface area contributed by atoms with Gasteiger partial charge in [-0.15, -0.1) is 0 Å². The zero-order valence-corrected chi connectivity index (χ0v) is 17.9. The lowest BCUT2D eigenvalue weighted by molar-refractivity contribution is -0.684. The second-order valence-electron chi connectivity index (χ2n) is 7.37. The number of aromatic nitrogens is 1. The monoisotopic (exact) mass is 427 g/mol. The molecule has 32 heavy (non-hydrogen) atoms. The van der Waals surface area contributed by atoms with Crippen LogP contribution < -0.4 is 14.9 Å². The molecule has 3 amide bonds. The molecule has 3 aromatic rings. The number of pyridine rings is 1. The molecule has 0 radical (unpaired) electrons. The standard InChI is InChI=1S/C25H22N4O3/c1-3-22-24(31)27(2)29(25(22)32)21-11-9-20(10-12-21)26-23(30)17-28-15-13-19(14-16-28)18-7-5-4-6-8-18/h3-16H,17H2,1-2H3/p+1/b22-3+. The first-order valence-corrected chi connectivity index (χ1v) is 10.2. The molecule has 1 fully saturated rings. The summed E-state index contributed by atoms with van der Waals surface area (Å²) in [5, 5.41) is 5.44. The highest BCUT2D eigenvalue weighted by Crippen LogP contribution is 2.26. The Labute approximate surface area is 186 Å². The molecule has 1 N–H and O–H groups in total. The molecule has 7 nitrogen and oxygen atoms in total. The normalized spacial score (nSPS) is 14.9. The summed E-state index contributed by atoms with van der Waals surface area (Å²) >= 11 is 0. The molecular weight excluding hydrogens is 404 g/mol. The Morgan fingerprint density at radius 2 is 1.53 bits per heavy atom. The number of benzene rings is 2. The zero-order valence-electron chi connectivity index (χ0n) is 17.9. The van der Waals surface area contributed by atoms with Crippen LogP contribution in [-0.2, 0) is 20.9 Å². The van der Waals surface area contributed by atoms with Gasteiger partial charge in [0, 0.05) is 24.9 Å². The van der Waals surface area contributed by atoms with E-state index in [-0.39, 0.29) is 29.8 Å². The van der Waals surface area contributed by atoms with E-state index in [1.165, 1.54) is 16.1 Å². The van der Waals surface area contributed by atoms with Crippen molar-refractivity contribution in [3.63, 3.8) is 0 Å². The van der Waals surface area contributed by atoms with E-state index in [1.807, 2.05) is 54.9 Å². The van der Waals surface area contributed by atoms with E-state index < -0.39 is 0 Å². The lowest BCUT2D eigenvalue weighted by atomic mass is 10.1. The number of hydrogen-bond donors (Lipinski definition) is 1. The van der Waals surface area contributed by atoms with Gasteiger partial charge in [0.15, 0.2) is 12.4 Å². The Balaban J connectivity index is 1.39. The van der Waals surface area contributed by atoms with Crippen molar-refractivity contribution in [3.05, 3.63) is 90.8 Å². The molecule has 1 saturated heterocycles. The predicted octanol–water partition coefficient (Wildman–Crippen LogP) is 2.95. The predicted molar refractivity (Wildman–Crippen MR) is 121 cm³/mol. The highest BCUT2D eigenvalue weighted by Gasteiger charge is 2.38. The molecule has 1 aliphatic rings. The lowest BCUT2D eigenvalue weighted by Gasteiger charge is -2.23. The third kappa shape index (κ3) is 4.13. The average Bonchev–Trinajstić information content (AvgIpc) is 3.03. The Bertz CT molecular complexity index is 1190. The number of rotatable bonds is 5. The van der Waals surface area contributed by atoms with Crippen LogP contribution in [0.2, 0.25) is 0 Å². The van der Waals surface area contributed by atoms with E-state index in [2.05, 4.69) is 5.32 Å². The van der Waals surface area contributed by atoms with Crippen LogP contribution in [0.1, 0.15) is 6.92 Å². The molecule has 2 heterocycles. The fourth-order valence-electron chi connectivity index (χ4n) is 3.58. The van der Waals surface area contributed by atoms with Crippen molar-refractivity contribution in [2.75, 3.05) is 17.4 Å². The van der Waals surface area contributed by atoms with E-state index in [0.717, 1.165) is 11.1 Å². The van der Waals surface area contributed by atoms with Crippen molar-refractivity contribution < 1.29 is 19.0 Å². The summed E-state index contributed by atoms with van der Waals surface area (Å²) in [6.07, 6.45) is 5.26. The molecule has 0 saturated carbocycles. The molecule has 7 heteroatoms. The van der Waals surface area contributed by atoms with Crippen LogP contribution in [0, 0.1) is 0 Å². The number of carbonyl (C=O) groups is 3. The number of carbonyl (C=O) groups excluding carboxylic acids is 3. The number of anilines is 2. The second-order valence-corrected chi connectivity index (χ2v) is 7.37. The minimum absolute atomic E-state index is 0.139. The molecule has 160 valence electrons. The molecular formula is C25H23N4O3+. The number of allylic oxidation sites excluding steroid dienone is 1. The number of hydrogen-bond acceptors (Lipinski definition) is 3. The van der Waals surface area contributed by atoms with E-state index in [4.69, 9.17) is 0 Å². The molecule has 0 unspecified atom stereocenters. The van der Waals surface area contributed by atoms with Gasteiger partial charge in [-0.2, -0.15) is 4.57 Å². The minimum atomic E-state index is -0.368. The molecule has 1 aliphatic heterocycles. The van der Waals surface area contributed by atoms with Crippen LogP contribution in [0.15, 0.2) is 90.8 Å². The van der Waals surface area contributed by atoms with Crippen LogP contribution in [-0.4, -0.2) is 29.8 Å². The highest BCUT2D eigenvalue weighted by atomic mass is 16.2. The first-order valence-electron chi connectivity index (χ1n) is 10.2. The Morgan fingerprint density at radius 3 is 2.12 bits per heavy atom. The first kappa shape index (κ1) is 21.0. The molecule has 2 aromatic carbocycles. The van der Waals surface area contributed by atoms with Gasteiger partial charge in [0.2, 0.25) is 6.54 Å². The fraction of sp³-hybridized carbons (Fsp3) is 0.120. The van der Waals surface area contributed by atoms with Gasteiger partial charge in [-0.05, 0) is 42.3 Å². The average molecular weight is 427 g/mol. The first-order chi connectivity index (χ1) is 15.5. The molecule has 0 atom stereocenters. The van der Waals surface area contributed by atoms with Crippen molar-refractivity contribution >= 4 is 29.1 Å². The zero-order chi connectivity index (χ0) is 22.7. The van der Waals surface area contributed by atoms with Crippen molar-refractivity contribution in [2.24, 2.45) is 0 Å². The Hall–Kier alpha value is -4.26. The van der Waals surface area contributed by atoms with E-state index >= 15 is 0 Å². The van der Waals surface area contributed by atoms with Gasteiger partial charge in [0.05, 0.1) is 5.69 Å². The van der Waals surface area contributed by atoms with Gasteiger partial charge in [0.25, 0.3) is 17.7 Å². The summed E-state index contributed by atoms with van der Waals surface area (Å²) in [6.45, 7) is 1.83. The molecule has 1 aromatic heterocycles. The molecule has 0 spiro atoms. The van der Waals surface area contributed by atoms with Gasteiger partial charge in [-0.1, -0.05) is 36.4 Å². The SMILES string of the molecule is C/C=C1\C(=O)N(C)N(c2ccc(NC(=O)C[n+]3ccc(-c4ccccc4)cc3)cc2)C1=O. The van der Waals surface area contributed by atoms with Crippen LogP contribution >= 0.6 is 0 Å². The molecule has 0 aliphatic carbocycles. The van der Waals surface area contributed by atoms with Crippen LogP contribution in [0.25, 0.3) is 11.1 Å². The number of nitrogens with one attached hydrogen (secondary N) is 1. The third-order valence-corrected chi connectivity index (χ3v) is 5.26. The highest BCUT2D eigenvalue weighted by molar-refractivity contribution is 6.29. The quantitative estimate of drug-likeness (QED) is 0.387. The molecule has 4 rings (SSSR count). The Morgan fingerprint density at radius 1 is 0.906 bits per heavy atom. The smallest absolute Gasteiger partial charge is 0.290 e. The maximum Gasteiger partial charge on any atom is 0.290 e. The van der Waals surface area contributed by atoms with E-state index in [9.17, 15) is 14.4 Å². The fourth-order valence-corrected chi connectivity index (χ4v) is 3.58. The Kier molecular flexibility index (Phi) is 5.81. The molecule has 0 bridgehead atoms. The van der Waals surface area contributed by atoms with Gasteiger partial charge in [-0.3, -0.25) is 14.4 Å². The topological polar surface area (TPSA) is 73.6 Å². The maximum atomic E-state index is 12.5. The largest absolute Gasteiger partial charge is 0.321 e. The number of amides is 3. The summed E-state index contributed by atoms with van der Waals surface area (Å²) < 4.78 is 1.80. The van der Waals surface area contributed by atoms with Gasteiger partial charge < -0.3 is 5.32 Å². The van der Waals surface area contributed by atoms with Gasteiger partial charge in [-0.25, -0.2) is 10.0 Å². The van der Waals surface area contributed by atoms with E-state index in [0.29, 0.717) is 11.4 Å². The van der Waals surface area contributed by atoms with Crippen molar-refractivity contribution in [2.45, 2.75) is 13.5 Å². The van der Waals surface area contributed by atoms with Crippen LogP contribution in [0.4, 0.5) is 11.4 Å². The van der Waals surface area contributed by atoms with Crippen molar-refractivity contribution in [3.8, 4) is 11.1 Å². The van der Waals surface area contributed by atoms with Crippen molar-refractivity contribution in [1.29, 1.82) is 0 Å². The van der Waals surface area contributed by atoms with Crippen molar-refractivity contribution in [1.82, 2.24) is 5.01 Å². The summed E-state index contributed by atoms with van der Waals surface area (Å²) in [4.78, 5) is 37.1. The summed E-state index contributed by atoms with van der Waals surface area (Å²) in [5.74, 6) is -0.881. The second kappa shape index (κ2) is 8.85. The number of likely N-dealkylation sites (N-methyl/N-ethyl adjacent to an activating group) is 1. The number of nitrogens with zero attached hydrogens (tertiary/aromatic N) is 3. The summed E-state index contributed by atoms with van der Waals surface area (Å²) in [6, 6.07) is 20.8. The van der Waals surface area contributed by atoms with Crippen LogP contribution in [0.3, 0.4) is 0 Å². The number of hydrazine groups is 1. The summed E-state index contributed by atoms with van der Waals surface area (Å²) in [5.41, 5.74) is 3.49. The van der Waals surface area contributed by atoms with Gasteiger partial charge in [0.1, 0.15) is 5.57 Å².